The number of unbranched alkanes of at least 4 members (excludes halogenated alkanes) is 3. The van der Waals surface area contributed by atoms with Crippen molar-refractivity contribution in [3.8, 4) is 0 Å². The fraction of sp³-hybridized carbons (Fsp3) is 0.381. The quantitative estimate of drug-likeness (QED) is 0.633. The molecule has 0 aromatic heterocycles. The number of carbonyl (C=O) groups is 1. The summed E-state index contributed by atoms with van der Waals surface area (Å²) in [6.45, 7) is 4.20. The molecule has 4 nitrogen and oxygen atoms in total. The van der Waals surface area contributed by atoms with Crippen molar-refractivity contribution in [2.24, 2.45) is 0 Å². The van der Waals surface area contributed by atoms with Gasteiger partial charge in [0.25, 0.3) is 5.91 Å². The van der Waals surface area contributed by atoms with E-state index in [0.717, 1.165) is 37.1 Å². The van der Waals surface area contributed by atoms with E-state index in [0.29, 0.717) is 17.7 Å². The van der Waals surface area contributed by atoms with Gasteiger partial charge in [0.15, 0.2) is 5.60 Å². The summed E-state index contributed by atoms with van der Waals surface area (Å²) in [5, 5.41) is 17.1. The summed E-state index contributed by atoms with van der Waals surface area (Å²) < 4.78 is 0. The lowest BCUT2D eigenvalue weighted by atomic mass is 9.89. The van der Waals surface area contributed by atoms with Gasteiger partial charge in [-0.05, 0) is 50.1 Å². The Kier molecular flexibility index (Phi) is 5.09. The van der Waals surface area contributed by atoms with Gasteiger partial charge in [-0.15, -0.1) is 0 Å². The van der Waals surface area contributed by atoms with Gasteiger partial charge in [0.1, 0.15) is 0 Å². The van der Waals surface area contributed by atoms with Crippen LogP contribution < -0.4 is 10.6 Å². The van der Waals surface area contributed by atoms with Crippen molar-refractivity contribution in [2.75, 3.05) is 10.6 Å². The SMILES string of the molecule is CCCCCCC1(O)C(=O)Nc2ccc(Nc3ccc(C)cc3)cc21. The van der Waals surface area contributed by atoms with E-state index in [-0.39, 0.29) is 5.91 Å². The van der Waals surface area contributed by atoms with Crippen molar-refractivity contribution in [3.05, 3.63) is 53.6 Å². The van der Waals surface area contributed by atoms with Crippen LogP contribution in [0.25, 0.3) is 0 Å². The molecule has 3 rings (SSSR count). The average Bonchev–Trinajstić information content (AvgIpc) is 2.85. The monoisotopic (exact) mass is 338 g/mol. The minimum atomic E-state index is -1.42. The summed E-state index contributed by atoms with van der Waals surface area (Å²) >= 11 is 0. The topological polar surface area (TPSA) is 61.4 Å². The number of fused-ring (bicyclic) bond motifs is 1. The average molecular weight is 338 g/mol. The first kappa shape index (κ1) is 17.5. The van der Waals surface area contributed by atoms with Crippen LogP contribution in [0.15, 0.2) is 42.5 Å². The van der Waals surface area contributed by atoms with Gasteiger partial charge in [-0.3, -0.25) is 4.79 Å². The van der Waals surface area contributed by atoms with Gasteiger partial charge in [0.05, 0.1) is 0 Å². The lowest BCUT2D eigenvalue weighted by molar-refractivity contribution is -0.134. The van der Waals surface area contributed by atoms with Crippen LogP contribution in [0.4, 0.5) is 17.1 Å². The molecule has 2 aromatic rings. The molecule has 0 saturated carbocycles. The fourth-order valence-electron chi connectivity index (χ4n) is 3.28. The molecule has 1 aliphatic heterocycles. The number of hydrogen-bond donors (Lipinski definition) is 3. The molecule has 1 atom stereocenters. The highest BCUT2D eigenvalue weighted by atomic mass is 16.3. The van der Waals surface area contributed by atoms with Gasteiger partial charge < -0.3 is 15.7 Å². The number of nitrogens with one attached hydrogen (secondary N) is 2. The van der Waals surface area contributed by atoms with E-state index in [1.807, 2.05) is 42.5 Å². The molecule has 0 spiro atoms. The Morgan fingerprint density at radius 3 is 2.48 bits per heavy atom. The van der Waals surface area contributed by atoms with Gasteiger partial charge in [-0.25, -0.2) is 0 Å². The maximum absolute atomic E-state index is 12.3. The van der Waals surface area contributed by atoms with Crippen LogP contribution in [0, 0.1) is 6.92 Å². The number of hydrogen-bond acceptors (Lipinski definition) is 3. The number of aryl methyl sites for hydroxylation is 1. The molecular weight excluding hydrogens is 312 g/mol. The first-order chi connectivity index (χ1) is 12.0. The molecule has 132 valence electrons. The van der Waals surface area contributed by atoms with Crippen LogP contribution in [0.1, 0.15) is 50.2 Å². The Morgan fingerprint density at radius 1 is 1.04 bits per heavy atom. The smallest absolute Gasteiger partial charge is 0.261 e. The summed E-state index contributed by atoms with van der Waals surface area (Å²) in [6, 6.07) is 13.8. The van der Waals surface area contributed by atoms with Crippen LogP contribution >= 0.6 is 0 Å². The van der Waals surface area contributed by atoms with Gasteiger partial charge in [0.2, 0.25) is 0 Å². The zero-order chi connectivity index (χ0) is 17.9. The Bertz CT molecular complexity index is 755. The molecule has 2 aromatic carbocycles. The van der Waals surface area contributed by atoms with E-state index in [1.165, 1.54) is 5.56 Å². The summed E-state index contributed by atoms with van der Waals surface area (Å²) in [7, 11) is 0. The number of benzene rings is 2. The second-order valence-electron chi connectivity index (χ2n) is 6.88. The molecule has 3 N–H and O–H groups in total. The Hall–Kier alpha value is -2.33. The first-order valence-electron chi connectivity index (χ1n) is 9.05. The Labute approximate surface area is 149 Å². The number of amides is 1. The third-order valence-electron chi connectivity index (χ3n) is 4.82. The molecular formula is C21H26N2O2. The zero-order valence-corrected chi connectivity index (χ0v) is 14.9. The van der Waals surface area contributed by atoms with Gasteiger partial charge >= 0.3 is 0 Å². The van der Waals surface area contributed by atoms with Crippen molar-refractivity contribution in [3.63, 3.8) is 0 Å². The Balaban J connectivity index is 1.80. The molecule has 25 heavy (non-hydrogen) atoms. The van der Waals surface area contributed by atoms with Crippen LogP contribution in [0.2, 0.25) is 0 Å². The molecule has 1 aliphatic rings. The minimum Gasteiger partial charge on any atom is -0.375 e. The van der Waals surface area contributed by atoms with Gasteiger partial charge in [-0.1, -0.05) is 43.9 Å². The van der Waals surface area contributed by atoms with Gasteiger partial charge in [0, 0.05) is 22.6 Å². The first-order valence-corrected chi connectivity index (χ1v) is 9.05. The van der Waals surface area contributed by atoms with E-state index in [4.69, 9.17) is 0 Å². The second-order valence-corrected chi connectivity index (χ2v) is 6.88. The normalized spacial score (nSPS) is 18.8. The summed E-state index contributed by atoms with van der Waals surface area (Å²) in [6.07, 6.45) is 4.58. The predicted molar refractivity (Wildman–Crippen MR) is 102 cm³/mol. The fourth-order valence-corrected chi connectivity index (χ4v) is 3.28. The maximum atomic E-state index is 12.3. The molecule has 0 aliphatic carbocycles. The molecule has 1 heterocycles. The molecule has 0 bridgehead atoms. The lowest BCUT2D eigenvalue weighted by Crippen LogP contribution is -2.34. The van der Waals surface area contributed by atoms with E-state index >= 15 is 0 Å². The van der Waals surface area contributed by atoms with Crippen molar-refractivity contribution in [1.82, 2.24) is 0 Å². The summed E-state index contributed by atoms with van der Waals surface area (Å²) in [5.74, 6) is -0.313. The second kappa shape index (κ2) is 7.28. The third-order valence-corrected chi connectivity index (χ3v) is 4.82. The highest BCUT2D eigenvalue weighted by molar-refractivity contribution is 6.05. The van der Waals surface area contributed by atoms with E-state index in [2.05, 4.69) is 24.5 Å². The summed E-state index contributed by atoms with van der Waals surface area (Å²) in [5.41, 5.74) is 3.01. The Morgan fingerprint density at radius 2 is 1.76 bits per heavy atom. The molecule has 0 radical (unpaired) electrons. The maximum Gasteiger partial charge on any atom is 0.261 e. The number of aliphatic hydroxyl groups is 1. The van der Waals surface area contributed by atoms with E-state index in [1.54, 1.807) is 0 Å². The molecule has 4 heteroatoms. The molecule has 0 fully saturated rings. The van der Waals surface area contributed by atoms with Crippen LogP contribution in [0.5, 0.6) is 0 Å². The highest BCUT2D eigenvalue weighted by Crippen LogP contribution is 2.41. The highest BCUT2D eigenvalue weighted by Gasteiger charge is 2.44. The number of rotatable bonds is 7. The zero-order valence-electron chi connectivity index (χ0n) is 14.9. The van der Waals surface area contributed by atoms with Crippen molar-refractivity contribution < 1.29 is 9.90 Å². The largest absolute Gasteiger partial charge is 0.375 e. The predicted octanol–water partition coefficient (Wildman–Crippen LogP) is 4.85. The van der Waals surface area contributed by atoms with Crippen LogP contribution in [-0.2, 0) is 10.4 Å². The van der Waals surface area contributed by atoms with Gasteiger partial charge in [-0.2, -0.15) is 0 Å². The standard InChI is InChI=1S/C21H26N2O2/c1-3-4-5-6-13-21(25)18-14-17(11-12-19(18)23-20(21)24)22-16-9-7-15(2)8-10-16/h7-12,14,22,25H,3-6,13H2,1-2H3,(H,23,24). The molecule has 0 saturated heterocycles. The molecule has 1 unspecified atom stereocenters. The van der Waals surface area contributed by atoms with Crippen molar-refractivity contribution >= 4 is 23.0 Å². The lowest BCUT2D eigenvalue weighted by Gasteiger charge is -2.21. The van der Waals surface area contributed by atoms with Crippen LogP contribution in [0.3, 0.4) is 0 Å². The minimum absolute atomic E-state index is 0.313. The van der Waals surface area contributed by atoms with E-state index in [9.17, 15) is 9.90 Å². The number of anilines is 3. The third kappa shape index (κ3) is 3.69. The van der Waals surface area contributed by atoms with E-state index < -0.39 is 5.60 Å². The molecule has 1 amide bonds. The summed E-state index contributed by atoms with van der Waals surface area (Å²) in [4.78, 5) is 12.3. The van der Waals surface area contributed by atoms with Crippen LogP contribution in [-0.4, -0.2) is 11.0 Å². The van der Waals surface area contributed by atoms with Crippen molar-refractivity contribution in [2.45, 2.75) is 51.6 Å². The van der Waals surface area contributed by atoms with Crippen molar-refractivity contribution in [1.29, 1.82) is 0 Å². The number of carbonyl (C=O) groups excluding carboxylic acids is 1.